The molecule has 0 aliphatic rings. The van der Waals surface area contributed by atoms with Crippen LogP contribution < -0.4 is 11.8 Å². The second-order valence-corrected chi connectivity index (χ2v) is 1.57. The molecule has 0 aromatic heterocycles. The van der Waals surface area contributed by atoms with E-state index in [4.69, 9.17) is 9.76 Å². The van der Waals surface area contributed by atoms with E-state index in [0.717, 1.165) is 0 Å². The molecule has 6 N–H and O–H groups in total. The predicted molar refractivity (Wildman–Crippen MR) is 22.8 cm³/mol. The zero-order chi connectivity index (χ0) is 7.21. The van der Waals surface area contributed by atoms with Crippen LogP contribution in [0.25, 0.3) is 0 Å². The third-order valence-electron chi connectivity index (χ3n) is 0.122. The van der Waals surface area contributed by atoms with Gasteiger partial charge >= 0.3 is 10.4 Å². The van der Waals surface area contributed by atoms with E-state index in [9.17, 15) is 8.42 Å². The van der Waals surface area contributed by atoms with Gasteiger partial charge in [0.1, 0.15) is 0 Å². The van der Waals surface area contributed by atoms with Gasteiger partial charge in [-0.1, -0.05) is 0 Å². The first kappa shape index (κ1) is 10.7. The topological polar surface area (TPSA) is 136 Å². The number of nitrogens with two attached hydrogens (primary N) is 2. The van der Waals surface area contributed by atoms with Crippen LogP contribution in [0.15, 0.2) is 0 Å². The summed E-state index contributed by atoms with van der Waals surface area (Å²) in [6.45, 7) is 0. The summed E-state index contributed by atoms with van der Waals surface area (Å²) < 4.78 is 28.8. The monoisotopic (exact) mass is 146 g/mol. The van der Waals surface area contributed by atoms with Gasteiger partial charge in [-0.3, -0.25) is 4.55 Å². The Balaban J connectivity index is 0. The molecule has 0 radical (unpaired) electrons. The van der Waals surface area contributed by atoms with Gasteiger partial charge in [0.05, 0.1) is 0 Å². The lowest BCUT2D eigenvalue weighted by atomic mass is 13.6. The van der Waals surface area contributed by atoms with Gasteiger partial charge in [0.25, 0.3) is 0 Å². The van der Waals surface area contributed by atoms with Crippen LogP contribution in [0.1, 0.15) is 0 Å². The van der Waals surface area contributed by atoms with Crippen LogP contribution in [-0.2, 0) is 14.7 Å². The van der Waals surface area contributed by atoms with Gasteiger partial charge in [-0.15, -0.1) is 0 Å². The highest BCUT2D eigenvalue weighted by atomic mass is 32.3. The molecule has 0 aromatic carbocycles. The summed E-state index contributed by atoms with van der Waals surface area (Å²) in [6, 6.07) is 0. The molecular formula is H6N2O5S. The Morgan fingerprint density at radius 2 is 1.50 bits per heavy atom. The Kier molecular flexibility index (Phi) is 6.54. The number of hydrogen-bond acceptors (Lipinski definition) is 6. The molecule has 0 unspecified atom stereocenters. The predicted octanol–water partition coefficient (Wildman–Crippen LogP) is -1.99. The molecular weight excluding hydrogens is 140 g/mol. The van der Waals surface area contributed by atoms with Crippen molar-refractivity contribution in [1.29, 1.82) is 0 Å². The second kappa shape index (κ2) is 4.90. The van der Waals surface area contributed by atoms with Gasteiger partial charge < -0.3 is 5.21 Å². The van der Waals surface area contributed by atoms with E-state index in [-0.39, 0.29) is 0 Å². The third-order valence-corrected chi connectivity index (χ3v) is 0.365. The molecule has 0 rings (SSSR count). The van der Waals surface area contributed by atoms with Crippen LogP contribution in [0.4, 0.5) is 0 Å². The smallest absolute Gasteiger partial charge is 0.320 e. The zero-order valence-corrected chi connectivity index (χ0v) is 4.50. The lowest BCUT2D eigenvalue weighted by Crippen LogP contribution is -2.08. The van der Waals surface area contributed by atoms with Crippen molar-refractivity contribution in [2.24, 2.45) is 11.8 Å². The molecule has 7 nitrogen and oxygen atoms in total. The molecule has 8 heavy (non-hydrogen) atoms. The van der Waals surface area contributed by atoms with E-state index in [0.29, 0.717) is 0 Å². The molecule has 0 saturated heterocycles. The van der Waals surface area contributed by atoms with E-state index in [1.54, 1.807) is 0 Å². The Labute approximate surface area is 45.7 Å². The summed E-state index contributed by atoms with van der Waals surface area (Å²) in [5.41, 5.74) is 0. The zero-order valence-electron chi connectivity index (χ0n) is 3.68. The Morgan fingerprint density at radius 3 is 1.50 bits per heavy atom. The largest absolute Gasteiger partial charge is 0.413 e. The maximum Gasteiger partial charge on any atom is 0.413 e. The van der Waals surface area contributed by atoms with Crippen molar-refractivity contribution in [1.82, 2.24) is 0 Å². The van der Waals surface area contributed by atoms with Crippen molar-refractivity contribution in [3.8, 4) is 0 Å². The van der Waals surface area contributed by atoms with Gasteiger partial charge in [0.15, 0.2) is 0 Å². The van der Waals surface area contributed by atoms with Crippen molar-refractivity contribution in [2.75, 3.05) is 0 Å². The van der Waals surface area contributed by atoms with Crippen molar-refractivity contribution in [2.45, 2.75) is 0 Å². The molecule has 0 heterocycles. The van der Waals surface area contributed by atoms with Crippen LogP contribution in [0.3, 0.4) is 0 Å². The average Bonchev–Trinajstić information content (AvgIpc) is 1.71. The minimum Gasteiger partial charge on any atom is -0.320 e. The van der Waals surface area contributed by atoms with Crippen molar-refractivity contribution in [3.05, 3.63) is 0 Å². The molecule has 0 spiro atoms. The first-order chi connectivity index (χ1) is 3.56. The average molecular weight is 146 g/mol. The fourth-order valence-electron chi connectivity index (χ4n) is 0. The summed E-state index contributed by atoms with van der Waals surface area (Å²) in [4.78, 5) is 0. The molecule has 0 aromatic rings. The summed E-state index contributed by atoms with van der Waals surface area (Å²) in [5, 5.41) is 6.50. The Hall–Kier alpha value is -0.250. The fourth-order valence-corrected chi connectivity index (χ4v) is 0. The molecule has 0 atom stereocenters. The lowest BCUT2D eigenvalue weighted by Gasteiger charge is -1.81. The first-order valence-corrected chi connectivity index (χ1v) is 2.54. The molecule has 52 valence electrons. The number of rotatable bonds is 1. The minimum atomic E-state index is -4.38. The molecule has 0 aliphatic carbocycles. The van der Waals surface area contributed by atoms with E-state index >= 15 is 0 Å². The third kappa shape index (κ3) is 17.2. The van der Waals surface area contributed by atoms with Crippen molar-refractivity contribution < 1.29 is 22.5 Å². The molecule has 0 bridgehead atoms. The van der Waals surface area contributed by atoms with E-state index in [1.165, 1.54) is 0 Å². The van der Waals surface area contributed by atoms with E-state index in [1.807, 2.05) is 0 Å². The van der Waals surface area contributed by atoms with Crippen molar-refractivity contribution in [3.63, 3.8) is 0 Å². The quantitative estimate of drug-likeness (QED) is 0.248. The maximum absolute atomic E-state index is 9.21. The normalized spacial score (nSPS) is 9.50. The van der Waals surface area contributed by atoms with Crippen LogP contribution >= 0.6 is 0 Å². The van der Waals surface area contributed by atoms with Crippen LogP contribution in [0.2, 0.25) is 0 Å². The highest BCUT2D eigenvalue weighted by molar-refractivity contribution is 7.80. The van der Waals surface area contributed by atoms with E-state index < -0.39 is 10.4 Å². The van der Waals surface area contributed by atoms with Crippen LogP contribution in [-0.4, -0.2) is 18.2 Å². The Bertz CT molecular complexity index is 112. The van der Waals surface area contributed by atoms with Crippen molar-refractivity contribution >= 4 is 10.4 Å². The first-order valence-electron chi connectivity index (χ1n) is 1.18. The lowest BCUT2D eigenvalue weighted by molar-refractivity contribution is 0.277. The molecule has 8 heteroatoms. The molecule has 0 fully saturated rings. The van der Waals surface area contributed by atoms with Gasteiger partial charge in [-0.2, -0.15) is 18.6 Å². The minimum absolute atomic E-state index is 2.97. The molecule has 0 aliphatic heterocycles. The summed E-state index contributed by atoms with van der Waals surface area (Å²) in [7, 11) is -4.38. The summed E-state index contributed by atoms with van der Waals surface area (Å²) in [6.07, 6.45) is 0. The van der Waals surface area contributed by atoms with Crippen LogP contribution in [0.5, 0.6) is 0 Å². The second-order valence-electron chi connectivity index (χ2n) is 0.524. The van der Waals surface area contributed by atoms with Gasteiger partial charge in [0, 0.05) is 0 Å². The van der Waals surface area contributed by atoms with Gasteiger partial charge in [-0.25, -0.2) is 5.90 Å². The standard InChI is InChI=1S/H3NO4S.H3NO/c1-5-6(2,3)4;1-2/h1H2,(H,2,3,4);2H,1H2. The van der Waals surface area contributed by atoms with Crippen LogP contribution in [0, 0.1) is 0 Å². The fraction of sp³-hybridized carbons (Fsp3) is 0. The highest BCUT2D eigenvalue weighted by Gasteiger charge is 1.95. The van der Waals surface area contributed by atoms with Gasteiger partial charge in [-0.05, 0) is 0 Å². The number of hydrogen-bond donors (Lipinski definition) is 4. The maximum atomic E-state index is 9.21. The Morgan fingerprint density at radius 1 is 1.38 bits per heavy atom. The molecule has 0 amide bonds. The highest BCUT2D eigenvalue weighted by Crippen LogP contribution is 1.70. The van der Waals surface area contributed by atoms with E-state index in [2.05, 4.69) is 16.1 Å². The SMILES string of the molecule is NO.NOS(=O)(=O)O. The summed E-state index contributed by atoms with van der Waals surface area (Å²) >= 11 is 0. The van der Waals surface area contributed by atoms with Gasteiger partial charge in [0.2, 0.25) is 0 Å². The summed E-state index contributed by atoms with van der Waals surface area (Å²) in [5.74, 6) is 7.47. The molecule has 0 saturated carbocycles.